The van der Waals surface area contributed by atoms with Crippen LogP contribution in [-0.2, 0) is 19.1 Å². The molecule has 0 aliphatic rings. The Morgan fingerprint density at radius 3 is 1.59 bits per heavy atom. The normalized spacial score (nSPS) is 10.8. The van der Waals surface area contributed by atoms with Crippen LogP contribution in [-0.4, -0.2) is 26.2 Å². The molecule has 152 valence electrons. The third-order valence-corrected chi connectivity index (χ3v) is 5.09. The number of rotatable bonds is 15. The molecule has 0 atom stereocenters. The molecule has 0 amide bonds. The highest BCUT2D eigenvalue weighted by atomic mass is 16.5. The highest BCUT2D eigenvalue weighted by Crippen LogP contribution is 2.28. The Balaban J connectivity index is 2.26. The fraction of sp³-hybridized carbons (Fsp3) is 0.652. The predicted octanol–water partition coefficient (Wildman–Crippen LogP) is 5.80. The van der Waals surface area contributed by atoms with Gasteiger partial charge in [-0.05, 0) is 37.2 Å². The first-order chi connectivity index (χ1) is 13.2. The first kappa shape index (κ1) is 23.2. The zero-order valence-corrected chi connectivity index (χ0v) is 17.1. The molecule has 1 rings (SSSR count). The Morgan fingerprint density at radius 1 is 0.704 bits per heavy atom. The van der Waals surface area contributed by atoms with Gasteiger partial charge >= 0.3 is 11.9 Å². The van der Waals surface area contributed by atoms with Crippen LogP contribution in [0.2, 0.25) is 0 Å². The van der Waals surface area contributed by atoms with Crippen LogP contribution in [0.25, 0.3) is 0 Å². The van der Waals surface area contributed by atoms with Gasteiger partial charge < -0.3 is 9.47 Å². The first-order valence-corrected chi connectivity index (χ1v) is 10.4. The first-order valence-electron chi connectivity index (χ1n) is 10.4. The second-order valence-corrected chi connectivity index (χ2v) is 7.17. The summed E-state index contributed by atoms with van der Waals surface area (Å²) in [4.78, 5) is 22.3. The Labute approximate surface area is 164 Å². The second-order valence-electron chi connectivity index (χ2n) is 7.17. The topological polar surface area (TPSA) is 52.6 Å². The van der Waals surface area contributed by atoms with Gasteiger partial charge in [0.2, 0.25) is 0 Å². The summed E-state index contributed by atoms with van der Waals surface area (Å²) in [6.07, 6.45) is 12.2. The van der Waals surface area contributed by atoms with Crippen molar-refractivity contribution in [2.75, 3.05) is 14.2 Å². The van der Waals surface area contributed by atoms with Crippen LogP contribution in [0, 0.1) is 0 Å². The van der Waals surface area contributed by atoms with Crippen LogP contribution < -0.4 is 0 Å². The smallest absolute Gasteiger partial charge is 0.305 e. The van der Waals surface area contributed by atoms with Crippen molar-refractivity contribution >= 4 is 11.9 Å². The maximum atomic E-state index is 11.1. The molecule has 1 aromatic carbocycles. The van der Waals surface area contributed by atoms with Crippen LogP contribution in [0.15, 0.2) is 30.3 Å². The summed E-state index contributed by atoms with van der Waals surface area (Å²) in [5, 5.41) is 0. The number of unbranched alkanes of at least 4 members (excludes halogenated alkanes) is 6. The standard InChI is InChI=1S/C23H36O4/c1-26-22(24)18-12-5-3-8-14-20(21-16-10-7-11-17-21)15-9-4-6-13-19-23(25)27-2/h7,10-11,16-17,20H,3-6,8-9,12-15,18-19H2,1-2H3. The van der Waals surface area contributed by atoms with E-state index in [9.17, 15) is 9.59 Å². The SMILES string of the molecule is COC(=O)CCCCCCC(CCCCCCC(=O)OC)c1ccccc1. The van der Waals surface area contributed by atoms with E-state index < -0.39 is 0 Å². The zero-order chi connectivity index (χ0) is 19.7. The minimum absolute atomic E-state index is 0.107. The Hall–Kier alpha value is -1.84. The maximum absolute atomic E-state index is 11.1. The second kappa shape index (κ2) is 15.2. The van der Waals surface area contributed by atoms with E-state index in [4.69, 9.17) is 0 Å². The number of hydrogen-bond donors (Lipinski definition) is 0. The van der Waals surface area contributed by atoms with Crippen LogP contribution >= 0.6 is 0 Å². The lowest BCUT2D eigenvalue weighted by Gasteiger charge is -2.17. The number of methoxy groups -OCH3 is 2. The molecule has 1 aromatic rings. The van der Waals surface area contributed by atoms with Crippen molar-refractivity contribution in [2.24, 2.45) is 0 Å². The number of carbonyl (C=O) groups is 2. The molecule has 0 aliphatic carbocycles. The minimum atomic E-state index is -0.107. The van der Waals surface area contributed by atoms with Crippen LogP contribution in [0.1, 0.15) is 88.5 Å². The lowest BCUT2D eigenvalue weighted by Crippen LogP contribution is -2.01. The van der Waals surface area contributed by atoms with Crippen molar-refractivity contribution in [1.29, 1.82) is 0 Å². The van der Waals surface area contributed by atoms with Crippen LogP contribution in [0.3, 0.4) is 0 Å². The van der Waals surface area contributed by atoms with E-state index in [-0.39, 0.29) is 11.9 Å². The Morgan fingerprint density at radius 2 is 1.15 bits per heavy atom. The molecule has 0 saturated carbocycles. The predicted molar refractivity (Wildman–Crippen MR) is 109 cm³/mol. The molecule has 4 heteroatoms. The van der Waals surface area contributed by atoms with Crippen molar-refractivity contribution in [1.82, 2.24) is 0 Å². The number of esters is 2. The lowest BCUT2D eigenvalue weighted by molar-refractivity contribution is -0.141. The van der Waals surface area contributed by atoms with Gasteiger partial charge in [-0.3, -0.25) is 9.59 Å². The summed E-state index contributed by atoms with van der Waals surface area (Å²) in [5.74, 6) is 0.390. The van der Waals surface area contributed by atoms with Gasteiger partial charge in [-0.2, -0.15) is 0 Å². The highest BCUT2D eigenvalue weighted by molar-refractivity contribution is 5.69. The van der Waals surface area contributed by atoms with Crippen molar-refractivity contribution in [3.63, 3.8) is 0 Å². The van der Waals surface area contributed by atoms with E-state index in [1.54, 1.807) is 0 Å². The third kappa shape index (κ3) is 11.5. The van der Waals surface area contributed by atoms with E-state index in [0.29, 0.717) is 18.8 Å². The Bertz CT molecular complexity index is 484. The summed E-state index contributed by atoms with van der Waals surface area (Å²) in [7, 11) is 2.89. The third-order valence-electron chi connectivity index (χ3n) is 5.09. The summed E-state index contributed by atoms with van der Waals surface area (Å²) in [6, 6.07) is 10.8. The van der Waals surface area contributed by atoms with E-state index in [0.717, 1.165) is 25.7 Å². The molecule has 0 aliphatic heterocycles. The molecule has 4 nitrogen and oxygen atoms in total. The number of carbonyl (C=O) groups excluding carboxylic acids is 2. The van der Waals surface area contributed by atoms with Gasteiger partial charge in [-0.25, -0.2) is 0 Å². The van der Waals surface area contributed by atoms with E-state index >= 15 is 0 Å². The number of ether oxygens (including phenoxy) is 2. The molecule has 0 fully saturated rings. The van der Waals surface area contributed by atoms with Crippen molar-refractivity contribution in [3.05, 3.63) is 35.9 Å². The maximum Gasteiger partial charge on any atom is 0.305 e. The summed E-state index contributed by atoms with van der Waals surface area (Å²) < 4.78 is 9.36. The monoisotopic (exact) mass is 376 g/mol. The molecule has 0 radical (unpaired) electrons. The van der Waals surface area contributed by atoms with Gasteiger partial charge in [-0.15, -0.1) is 0 Å². The van der Waals surface area contributed by atoms with Gasteiger partial charge in [0.25, 0.3) is 0 Å². The molecule has 0 N–H and O–H groups in total. The fourth-order valence-electron chi connectivity index (χ4n) is 3.43. The largest absolute Gasteiger partial charge is 0.469 e. The number of benzene rings is 1. The van der Waals surface area contributed by atoms with Crippen molar-refractivity contribution in [2.45, 2.75) is 83.0 Å². The van der Waals surface area contributed by atoms with Crippen LogP contribution in [0.4, 0.5) is 0 Å². The molecule has 0 heterocycles. The Kier molecular flexibility index (Phi) is 13.1. The average molecular weight is 377 g/mol. The van der Waals surface area contributed by atoms with E-state index in [1.807, 2.05) is 0 Å². The highest BCUT2D eigenvalue weighted by Gasteiger charge is 2.11. The van der Waals surface area contributed by atoms with Crippen molar-refractivity contribution < 1.29 is 19.1 Å². The van der Waals surface area contributed by atoms with Gasteiger partial charge in [0.05, 0.1) is 14.2 Å². The van der Waals surface area contributed by atoms with Gasteiger partial charge in [0, 0.05) is 12.8 Å². The molecular formula is C23H36O4. The number of hydrogen-bond acceptors (Lipinski definition) is 4. The molecule has 0 aromatic heterocycles. The van der Waals surface area contributed by atoms with E-state index in [2.05, 4.69) is 39.8 Å². The molecule has 0 spiro atoms. The zero-order valence-electron chi connectivity index (χ0n) is 17.1. The summed E-state index contributed by atoms with van der Waals surface area (Å²) in [5.41, 5.74) is 1.43. The summed E-state index contributed by atoms with van der Waals surface area (Å²) in [6.45, 7) is 0. The molecular weight excluding hydrogens is 340 g/mol. The van der Waals surface area contributed by atoms with Gasteiger partial charge in [-0.1, -0.05) is 68.9 Å². The quantitative estimate of drug-likeness (QED) is 0.287. The average Bonchev–Trinajstić information content (AvgIpc) is 2.71. The van der Waals surface area contributed by atoms with E-state index in [1.165, 1.54) is 58.3 Å². The van der Waals surface area contributed by atoms with Gasteiger partial charge in [0.15, 0.2) is 0 Å². The van der Waals surface area contributed by atoms with Crippen molar-refractivity contribution in [3.8, 4) is 0 Å². The minimum Gasteiger partial charge on any atom is -0.469 e. The fourth-order valence-corrected chi connectivity index (χ4v) is 3.43. The molecule has 27 heavy (non-hydrogen) atoms. The molecule has 0 unspecified atom stereocenters. The molecule has 0 bridgehead atoms. The lowest BCUT2D eigenvalue weighted by atomic mass is 9.88. The van der Waals surface area contributed by atoms with Crippen LogP contribution in [0.5, 0.6) is 0 Å². The van der Waals surface area contributed by atoms with Gasteiger partial charge in [0.1, 0.15) is 0 Å². The molecule has 0 saturated heterocycles. The summed E-state index contributed by atoms with van der Waals surface area (Å²) >= 11 is 0.